The first-order chi connectivity index (χ1) is 0. The van der Waals surface area contributed by atoms with Gasteiger partial charge in [0.1, 0.15) is 0 Å². The molecule has 6 heavy (non-hydrogen) atoms. The fourth-order valence-electron chi connectivity index (χ4n) is 0. The van der Waals surface area contributed by atoms with E-state index in [-0.39, 0.29) is 50.7 Å². The molecule has 0 aromatic rings. The Morgan fingerprint density at radius 2 is 0.667 bits per heavy atom. The fraction of sp³-hybridized carbons (Fsp3) is 0. The average Bonchev–Trinajstić information content (AvgIpc) is 0. The zero-order chi connectivity index (χ0) is 0. The van der Waals surface area contributed by atoms with Crippen LogP contribution in [0.25, 0.3) is 0 Å². The largest absolute Gasteiger partial charge is 1.00 e. The van der Waals surface area contributed by atoms with Crippen LogP contribution in [0.2, 0.25) is 0 Å². The number of rotatable bonds is 0. The summed E-state index contributed by atoms with van der Waals surface area (Å²) < 4.78 is 0. The maximum Gasteiger partial charge on any atom is 1.00 e. The molecule has 0 radical (unpaired) electrons. The van der Waals surface area contributed by atoms with Crippen molar-refractivity contribution in [3.63, 3.8) is 0 Å². The van der Waals surface area contributed by atoms with Gasteiger partial charge in [-0.2, -0.15) is 9.90 Å². The van der Waals surface area contributed by atoms with Gasteiger partial charge in [0.2, 0.25) is 0 Å². The van der Waals surface area contributed by atoms with Crippen molar-refractivity contribution in [3.8, 4) is 0 Å². The van der Waals surface area contributed by atoms with E-state index in [1.807, 2.05) is 0 Å². The second-order valence-corrected chi connectivity index (χ2v) is 0. The molecule has 0 bridgehead atoms. The first-order valence-electron chi connectivity index (χ1n) is 0. The minimum absolute atomic E-state index is 0. The van der Waals surface area contributed by atoms with Gasteiger partial charge in [0, 0.05) is 0 Å². The second kappa shape index (κ2) is 185. The Hall–Kier alpha value is 0.867. The SMILES string of the molecule is O.O.O.P.[Li+].[OH-]. The average molecular weight is 112 g/mol. The molecule has 0 aliphatic carbocycles. The van der Waals surface area contributed by atoms with Gasteiger partial charge in [-0.15, -0.1) is 0 Å². The molecule has 0 spiro atoms. The van der Waals surface area contributed by atoms with Crippen LogP contribution in [0.15, 0.2) is 0 Å². The van der Waals surface area contributed by atoms with Crippen molar-refractivity contribution in [2.45, 2.75) is 0 Å². The molecule has 1 atom stereocenters. The molecule has 6 heteroatoms. The van der Waals surface area contributed by atoms with E-state index in [0.29, 0.717) is 0 Å². The first-order valence-corrected chi connectivity index (χ1v) is 0. The Morgan fingerprint density at radius 3 is 0.667 bits per heavy atom. The molecule has 1 unspecified atom stereocenters. The zero-order valence-electron chi connectivity index (χ0n) is 3.65. The summed E-state index contributed by atoms with van der Waals surface area (Å²) in [4.78, 5) is 0. The Bertz CT molecular complexity index is 7.51. The van der Waals surface area contributed by atoms with Gasteiger partial charge >= 0.3 is 18.9 Å². The third-order valence-electron chi connectivity index (χ3n) is 0. The quantitative estimate of drug-likeness (QED) is 0.225. The van der Waals surface area contributed by atoms with Crippen molar-refractivity contribution in [1.82, 2.24) is 0 Å². The first kappa shape index (κ1) is 314. The normalized spacial score (nSPS) is 0. The van der Waals surface area contributed by atoms with Crippen LogP contribution >= 0.6 is 9.90 Å². The topological polar surface area (TPSA) is 124 Å². The summed E-state index contributed by atoms with van der Waals surface area (Å²) in [6.45, 7) is 0. The van der Waals surface area contributed by atoms with Crippen LogP contribution in [-0.2, 0) is 0 Å². The fourth-order valence-corrected chi connectivity index (χ4v) is 0. The molecule has 4 nitrogen and oxygen atoms in total. The van der Waals surface area contributed by atoms with Crippen LogP contribution in [0.4, 0.5) is 0 Å². The van der Waals surface area contributed by atoms with E-state index in [9.17, 15) is 0 Å². The number of hydrogen-bond acceptors (Lipinski definition) is 1. The Balaban J connectivity index is 0. The molecule has 0 rings (SSSR count). The van der Waals surface area contributed by atoms with Gasteiger partial charge in [-0.25, -0.2) is 0 Å². The van der Waals surface area contributed by atoms with E-state index < -0.39 is 0 Å². The third kappa shape index (κ3) is 96.8. The van der Waals surface area contributed by atoms with Crippen molar-refractivity contribution in [1.29, 1.82) is 0 Å². The maximum absolute atomic E-state index is 0. The summed E-state index contributed by atoms with van der Waals surface area (Å²) >= 11 is 0. The standard InChI is InChI=1S/Li.4H2O.H3P/h;4*1H2;1H3/q+1;;;;;/p-1. The predicted molar refractivity (Wildman–Crippen MR) is 23.9 cm³/mol. The summed E-state index contributed by atoms with van der Waals surface area (Å²) in [7, 11) is 0. The molecule has 0 amide bonds. The number of hydrogen-bond donors (Lipinski definition) is 0. The van der Waals surface area contributed by atoms with Crippen LogP contribution in [0.5, 0.6) is 0 Å². The predicted octanol–water partition coefficient (Wildman–Crippen LogP) is -5.59. The van der Waals surface area contributed by atoms with Crippen molar-refractivity contribution in [3.05, 3.63) is 0 Å². The molecule has 0 aliphatic heterocycles. The zero-order valence-corrected chi connectivity index (χ0v) is 5.07. The molecule has 0 aliphatic rings. The summed E-state index contributed by atoms with van der Waals surface area (Å²) in [6.07, 6.45) is 0. The van der Waals surface area contributed by atoms with E-state index in [0.717, 1.165) is 0 Å². The molecule has 0 fully saturated rings. The molecule has 0 heterocycles. The van der Waals surface area contributed by atoms with Gasteiger partial charge in [-0.1, -0.05) is 0 Å². The monoisotopic (exact) mass is 112 g/mol. The Kier molecular flexibility index (Phi) is 9680. The van der Waals surface area contributed by atoms with Gasteiger partial charge in [-0.05, 0) is 0 Å². The Labute approximate surface area is 51.3 Å². The molecule has 0 aromatic carbocycles. The molecular weight excluding hydrogens is 102 g/mol. The van der Waals surface area contributed by atoms with Crippen LogP contribution < -0.4 is 18.9 Å². The van der Waals surface area contributed by atoms with Crippen molar-refractivity contribution >= 4 is 9.90 Å². The molecular formula is H10LiO4P. The molecule has 0 saturated heterocycles. The van der Waals surface area contributed by atoms with Crippen LogP contribution in [-0.4, -0.2) is 21.9 Å². The summed E-state index contributed by atoms with van der Waals surface area (Å²) in [5, 5.41) is 0. The van der Waals surface area contributed by atoms with Crippen LogP contribution in [0, 0.1) is 0 Å². The van der Waals surface area contributed by atoms with Crippen molar-refractivity contribution < 1.29 is 40.8 Å². The van der Waals surface area contributed by atoms with Gasteiger partial charge in [0.25, 0.3) is 0 Å². The molecule has 40 valence electrons. The van der Waals surface area contributed by atoms with Gasteiger partial charge in [0.05, 0.1) is 0 Å². The van der Waals surface area contributed by atoms with Crippen LogP contribution in [0.3, 0.4) is 0 Å². The minimum Gasteiger partial charge on any atom is -0.870 e. The van der Waals surface area contributed by atoms with Crippen molar-refractivity contribution in [2.75, 3.05) is 0 Å². The third-order valence-corrected chi connectivity index (χ3v) is 0. The van der Waals surface area contributed by atoms with Gasteiger partial charge in [0.15, 0.2) is 0 Å². The van der Waals surface area contributed by atoms with E-state index in [1.54, 1.807) is 0 Å². The van der Waals surface area contributed by atoms with Gasteiger partial charge < -0.3 is 21.9 Å². The molecule has 0 aromatic heterocycles. The van der Waals surface area contributed by atoms with E-state index in [1.165, 1.54) is 0 Å². The van der Waals surface area contributed by atoms with Crippen LogP contribution in [0.1, 0.15) is 0 Å². The van der Waals surface area contributed by atoms with E-state index in [2.05, 4.69) is 0 Å². The van der Waals surface area contributed by atoms with Crippen molar-refractivity contribution in [2.24, 2.45) is 0 Å². The van der Waals surface area contributed by atoms with Gasteiger partial charge in [-0.3, -0.25) is 0 Å². The van der Waals surface area contributed by atoms with E-state index in [4.69, 9.17) is 0 Å². The maximum atomic E-state index is 0. The second-order valence-electron chi connectivity index (χ2n) is 0. The summed E-state index contributed by atoms with van der Waals surface area (Å²) in [6, 6.07) is 0. The van der Waals surface area contributed by atoms with E-state index >= 15 is 0 Å². The minimum atomic E-state index is 0. The smallest absolute Gasteiger partial charge is 0.870 e. The Morgan fingerprint density at radius 1 is 0.667 bits per heavy atom. The molecule has 0 saturated carbocycles. The summed E-state index contributed by atoms with van der Waals surface area (Å²) in [5.74, 6) is 0. The summed E-state index contributed by atoms with van der Waals surface area (Å²) in [5.41, 5.74) is 0. The molecule has 7 N–H and O–H groups in total.